The van der Waals surface area contributed by atoms with Gasteiger partial charge in [-0.2, -0.15) is 0 Å². The molecule has 2 rings (SSSR count). The van der Waals surface area contributed by atoms with Crippen molar-refractivity contribution < 1.29 is 0 Å². The molecule has 0 aliphatic rings. The van der Waals surface area contributed by atoms with E-state index in [0.717, 1.165) is 0 Å². The third-order valence-electron chi connectivity index (χ3n) is 2.87. The summed E-state index contributed by atoms with van der Waals surface area (Å²) in [7, 11) is 0. The average molecular weight is 231 g/mol. The van der Waals surface area contributed by atoms with Crippen molar-refractivity contribution in [2.45, 2.75) is 26.8 Å². The molecule has 1 aromatic heterocycles. The van der Waals surface area contributed by atoms with E-state index in [1.54, 1.807) is 11.3 Å². The average Bonchev–Trinajstić information content (AvgIpc) is 2.64. The summed E-state index contributed by atoms with van der Waals surface area (Å²) in [5.41, 5.74) is 11.3. The maximum Gasteiger partial charge on any atom is 0.0562 e. The van der Waals surface area contributed by atoms with Crippen molar-refractivity contribution in [3.05, 3.63) is 56.8 Å². The van der Waals surface area contributed by atoms with E-state index >= 15 is 0 Å². The Labute approximate surface area is 101 Å². The van der Waals surface area contributed by atoms with Crippen LogP contribution < -0.4 is 5.73 Å². The van der Waals surface area contributed by atoms with Crippen LogP contribution in [-0.4, -0.2) is 0 Å². The molecule has 1 unspecified atom stereocenters. The Balaban J connectivity index is 2.37. The molecule has 0 bridgehead atoms. The minimum absolute atomic E-state index is 0.00514. The first kappa shape index (κ1) is 11.4. The Morgan fingerprint density at radius 3 is 2.44 bits per heavy atom. The van der Waals surface area contributed by atoms with Crippen molar-refractivity contribution in [1.29, 1.82) is 0 Å². The van der Waals surface area contributed by atoms with Crippen molar-refractivity contribution in [3.8, 4) is 0 Å². The van der Waals surface area contributed by atoms with Gasteiger partial charge in [-0.3, -0.25) is 0 Å². The predicted octanol–water partition coefficient (Wildman–Crippen LogP) is 3.72. The fraction of sp³-hybridized carbons (Fsp3) is 0.286. The number of hydrogen-bond acceptors (Lipinski definition) is 2. The highest BCUT2D eigenvalue weighted by Crippen LogP contribution is 2.26. The van der Waals surface area contributed by atoms with Crippen molar-refractivity contribution in [2.75, 3.05) is 0 Å². The molecule has 0 spiro atoms. The lowest BCUT2D eigenvalue weighted by molar-refractivity contribution is 0.865. The third kappa shape index (κ3) is 2.18. The van der Waals surface area contributed by atoms with E-state index < -0.39 is 0 Å². The first-order valence-electron chi connectivity index (χ1n) is 5.45. The van der Waals surface area contributed by atoms with Gasteiger partial charge in [0.2, 0.25) is 0 Å². The zero-order valence-corrected chi connectivity index (χ0v) is 10.8. The lowest BCUT2D eigenvalue weighted by Gasteiger charge is -2.14. The van der Waals surface area contributed by atoms with Gasteiger partial charge in [-0.15, -0.1) is 11.3 Å². The molecule has 2 N–H and O–H groups in total. The Kier molecular flexibility index (Phi) is 3.13. The predicted molar refractivity (Wildman–Crippen MR) is 71.0 cm³/mol. The van der Waals surface area contributed by atoms with Gasteiger partial charge in [-0.05, 0) is 48.9 Å². The van der Waals surface area contributed by atoms with Crippen molar-refractivity contribution in [2.24, 2.45) is 5.73 Å². The Morgan fingerprint density at radius 2 is 1.88 bits per heavy atom. The van der Waals surface area contributed by atoms with Crippen LogP contribution in [0, 0.1) is 20.8 Å². The van der Waals surface area contributed by atoms with Crippen LogP contribution >= 0.6 is 11.3 Å². The summed E-state index contributed by atoms with van der Waals surface area (Å²) >= 11 is 1.76. The zero-order valence-electron chi connectivity index (χ0n) is 9.95. The van der Waals surface area contributed by atoms with Crippen LogP contribution in [0.15, 0.2) is 29.6 Å². The number of benzene rings is 1. The fourth-order valence-electron chi connectivity index (χ4n) is 1.98. The van der Waals surface area contributed by atoms with E-state index in [2.05, 4.69) is 50.4 Å². The van der Waals surface area contributed by atoms with Crippen molar-refractivity contribution in [3.63, 3.8) is 0 Å². The van der Waals surface area contributed by atoms with Gasteiger partial charge in [0, 0.05) is 4.88 Å². The van der Waals surface area contributed by atoms with Crippen LogP contribution in [0.25, 0.3) is 0 Å². The topological polar surface area (TPSA) is 26.0 Å². The minimum Gasteiger partial charge on any atom is -0.320 e. The van der Waals surface area contributed by atoms with Crippen molar-refractivity contribution in [1.82, 2.24) is 0 Å². The molecule has 0 aliphatic heterocycles. The second-order valence-electron chi connectivity index (χ2n) is 4.33. The number of rotatable bonds is 2. The van der Waals surface area contributed by atoms with Gasteiger partial charge in [0.1, 0.15) is 0 Å². The Morgan fingerprint density at radius 1 is 1.12 bits per heavy atom. The molecule has 0 fully saturated rings. The van der Waals surface area contributed by atoms with Gasteiger partial charge < -0.3 is 5.73 Å². The molecular formula is C14H17NS. The summed E-state index contributed by atoms with van der Waals surface area (Å²) in [6, 6.07) is 8.64. The molecule has 0 saturated carbocycles. The summed E-state index contributed by atoms with van der Waals surface area (Å²) in [6.45, 7) is 6.35. The van der Waals surface area contributed by atoms with E-state index in [9.17, 15) is 0 Å². The second kappa shape index (κ2) is 4.40. The molecule has 0 radical (unpaired) electrons. The van der Waals surface area contributed by atoms with E-state index in [1.165, 1.54) is 27.1 Å². The van der Waals surface area contributed by atoms with Crippen LogP contribution in [0.4, 0.5) is 0 Å². The summed E-state index contributed by atoms with van der Waals surface area (Å²) in [5.74, 6) is 0. The van der Waals surface area contributed by atoms with E-state index in [0.29, 0.717) is 0 Å². The van der Waals surface area contributed by atoms with Crippen LogP contribution in [0.5, 0.6) is 0 Å². The molecule has 16 heavy (non-hydrogen) atoms. The monoisotopic (exact) mass is 231 g/mol. The molecule has 0 aliphatic carbocycles. The van der Waals surface area contributed by atoms with Gasteiger partial charge in [0.05, 0.1) is 6.04 Å². The Bertz CT molecular complexity index is 499. The minimum atomic E-state index is 0.00514. The van der Waals surface area contributed by atoms with Gasteiger partial charge in [0.25, 0.3) is 0 Å². The summed E-state index contributed by atoms with van der Waals surface area (Å²) in [4.78, 5) is 1.32. The standard InChI is InChI=1S/C14H17NS/c1-9-4-5-13(10(2)6-9)14(15)12-7-11(3)16-8-12/h4-8,14H,15H2,1-3H3. The quantitative estimate of drug-likeness (QED) is 0.837. The molecule has 1 aromatic carbocycles. The number of thiophene rings is 1. The molecule has 0 saturated heterocycles. The van der Waals surface area contributed by atoms with Gasteiger partial charge in [-0.1, -0.05) is 23.8 Å². The molecule has 2 aromatic rings. The van der Waals surface area contributed by atoms with Crippen LogP contribution in [0.3, 0.4) is 0 Å². The van der Waals surface area contributed by atoms with E-state index in [4.69, 9.17) is 5.73 Å². The molecule has 0 amide bonds. The highest BCUT2D eigenvalue weighted by molar-refractivity contribution is 7.10. The zero-order chi connectivity index (χ0) is 11.7. The highest BCUT2D eigenvalue weighted by Gasteiger charge is 2.12. The summed E-state index contributed by atoms with van der Waals surface area (Å²) in [6.07, 6.45) is 0. The van der Waals surface area contributed by atoms with E-state index in [1.807, 2.05) is 0 Å². The van der Waals surface area contributed by atoms with Crippen molar-refractivity contribution >= 4 is 11.3 Å². The molecular weight excluding hydrogens is 214 g/mol. The number of hydrogen-bond donors (Lipinski definition) is 1. The summed E-state index contributed by atoms with van der Waals surface area (Å²) < 4.78 is 0. The number of nitrogens with two attached hydrogens (primary N) is 1. The van der Waals surface area contributed by atoms with E-state index in [-0.39, 0.29) is 6.04 Å². The number of aryl methyl sites for hydroxylation is 3. The molecule has 84 valence electrons. The maximum absolute atomic E-state index is 6.29. The summed E-state index contributed by atoms with van der Waals surface area (Å²) in [5, 5.41) is 2.15. The first-order valence-corrected chi connectivity index (χ1v) is 6.33. The van der Waals surface area contributed by atoms with Gasteiger partial charge in [-0.25, -0.2) is 0 Å². The SMILES string of the molecule is Cc1ccc(C(N)c2csc(C)c2)c(C)c1. The van der Waals surface area contributed by atoms with Crippen LogP contribution in [0.2, 0.25) is 0 Å². The van der Waals surface area contributed by atoms with Crippen LogP contribution in [-0.2, 0) is 0 Å². The normalized spacial score (nSPS) is 12.8. The Hall–Kier alpha value is -1.12. The lowest BCUT2D eigenvalue weighted by atomic mass is 9.96. The highest BCUT2D eigenvalue weighted by atomic mass is 32.1. The molecule has 1 heterocycles. The largest absolute Gasteiger partial charge is 0.320 e. The first-order chi connectivity index (χ1) is 7.58. The van der Waals surface area contributed by atoms with Gasteiger partial charge >= 0.3 is 0 Å². The maximum atomic E-state index is 6.29. The van der Waals surface area contributed by atoms with Gasteiger partial charge in [0.15, 0.2) is 0 Å². The van der Waals surface area contributed by atoms with Crippen LogP contribution in [0.1, 0.15) is 33.2 Å². The molecule has 2 heteroatoms. The molecule has 1 atom stereocenters. The smallest absolute Gasteiger partial charge is 0.0562 e. The second-order valence-corrected chi connectivity index (χ2v) is 5.44. The molecule has 1 nitrogen and oxygen atoms in total. The lowest BCUT2D eigenvalue weighted by Crippen LogP contribution is -2.12. The fourth-order valence-corrected chi connectivity index (χ4v) is 2.72. The third-order valence-corrected chi connectivity index (χ3v) is 3.75.